The minimum atomic E-state index is -4.98. The number of hydrogen-bond donors (Lipinski definition) is 2. The van der Waals surface area contributed by atoms with Gasteiger partial charge < -0.3 is 20.1 Å². The number of carbonyl (C=O) groups is 2. The molecule has 0 saturated carbocycles. The van der Waals surface area contributed by atoms with Crippen molar-refractivity contribution in [3.8, 4) is 0 Å². The van der Waals surface area contributed by atoms with E-state index in [0.29, 0.717) is 4.90 Å². The number of nitrogens with zero attached hydrogens (tertiary/aromatic N) is 1. The second-order valence-electron chi connectivity index (χ2n) is 8.08. The van der Waals surface area contributed by atoms with E-state index in [1.165, 1.54) is 12.1 Å². The molecule has 1 aliphatic rings. The lowest BCUT2D eigenvalue weighted by Gasteiger charge is -2.39. The summed E-state index contributed by atoms with van der Waals surface area (Å²) in [5.74, 6) is -4.15. The summed E-state index contributed by atoms with van der Waals surface area (Å²) in [6.07, 6.45) is -8.99. The number of aliphatic hydroxyl groups excluding tert-OH is 1. The van der Waals surface area contributed by atoms with Crippen LogP contribution in [-0.2, 0) is 9.53 Å². The largest absolute Gasteiger partial charge is 0.444 e. The van der Waals surface area contributed by atoms with Gasteiger partial charge in [-0.05, 0) is 38.8 Å². The van der Waals surface area contributed by atoms with Gasteiger partial charge in [0, 0.05) is 12.5 Å². The van der Waals surface area contributed by atoms with Gasteiger partial charge in [-0.1, -0.05) is 12.1 Å². The number of piperidine rings is 1. The van der Waals surface area contributed by atoms with E-state index < -0.39 is 66.6 Å². The Hall–Kier alpha value is -2.43. The molecule has 6 nitrogen and oxygen atoms in total. The fraction of sp³-hybridized carbons (Fsp3) is 0.579. The Morgan fingerprint density at radius 3 is 2.50 bits per heavy atom. The van der Waals surface area contributed by atoms with Gasteiger partial charge >= 0.3 is 12.3 Å². The van der Waals surface area contributed by atoms with Crippen LogP contribution >= 0.6 is 0 Å². The van der Waals surface area contributed by atoms with Crippen molar-refractivity contribution in [3.63, 3.8) is 0 Å². The Bertz CT molecular complexity index is 794. The maximum atomic E-state index is 14.3. The van der Waals surface area contributed by atoms with E-state index in [9.17, 15) is 36.6 Å². The van der Waals surface area contributed by atoms with Crippen molar-refractivity contribution in [2.24, 2.45) is 0 Å². The van der Waals surface area contributed by atoms with E-state index in [1.54, 1.807) is 20.8 Å². The highest BCUT2D eigenvalue weighted by molar-refractivity contribution is 5.86. The molecule has 0 aromatic heterocycles. The molecular weight excluding hydrogens is 415 g/mol. The normalized spacial score (nSPS) is 21.4. The number of halogens is 5. The molecule has 2 rings (SSSR count). The predicted molar refractivity (Wildman–Crippen MR) is 95.5 cm³/mol. The topological polar surface area (TPSA) is 78.9 Å². The molecular formula is C19H23F5N2O4. The number of rotatable bonds is 4. The van der Waals surface area contributed by atoms with Gasteiger partial charge in [0.25, 0.3) is 0 Å². The first-order valence-corrected chi connectivity index (χ1v) is 9.16. The van der Waals surface area contributed by atoms with Gasteiger partial charge in [0.05, 0.1) is 6.54 Å². The number of carbonyl (C=O) groups excluding carboxylic acids is 2. The van der Waals surface area contributed by atoms with Crippen LogP contribution < -0.4 is 5.32 Å². The number of benzene rings is 1. The summed E-state index contributed by atoms with van der Waals surface area (Å²) in [4.78, 5) is 25.4. The molecule has 3 atom stereocenters. The van der Waals surface area contributed by atoms with Crippen LogP contribution in [0.25, 0.3) is 0 Å². The molecule has 1 aromatic rings. The Kier molecular flexibility index (Phi) is 6.95. The summed E-state index contributed by atoms with van der Waals surface area (Å²) < 4.78 is 71.3. The summed E-state index contributed by atoms with van der Waals surface area (Å²) in [6.45, 7) is 3.23. The van der Waals surface area contributed by atoms with Crippen LogP contribution in [0.1, 0.15) is 38.7 Å². The SMILES string of the molecule is CC(C)(C)OC(=O)N[C@H]1C[C@@H](c2cccc(F)c2F)CN(C[C@H](O)C(F)(F)F)C1=O. The second-order valence-corrected chi connectivity index (χ2v) is 8.08. The average Bonchev–Trinajstić information content (AvgIpc) is 2.58. The van der Waals surface area contributed by atoms with Gasteiger partial charge in [0.1, 0.15) is 11.6 Å². The highest BCUT2D eigenvalue weighted by atomic mass is 19.4. The van der Waals surface area contributed by atoms with Crippen molar-refractivity contribution < 1.29 is 41.4 Å². The van der Waals surface area contributed by atoms with Crippen molar-refractivity contribution in [1.29, 1.82) is 0 Å². The molecule has 168 valence electrons. The maximum Gasteiger partial charge on any atom is 0.416 e. The van der Waals surface area contributed by atoms with Gasteiger partial charge in [-0.3, -0.25) is 4.79 Å². The molecule has 2 amide bonds. The number of aliphatic hydroxyl groups is 1. The summed E-state index contributed by atoms with van der Waals surface area (Å²) in [5.41, 5.74) is -1.05. The number of hydrogen-bond acceptors (Lipinski definition) is 4. The zero-order valence-corrected chi connectivity index (χ0v) is 16.6. The second kappa shape index (κ2) is 8.75. The molecule has 1 saturated heterocycles. The van der Waals surface area contributed by atoms with Gasteiger partial charge in [0.15, 0.2) is 17.7 Å². The number of β-amino-alcohol motifs (C(OH)–C–C–N with tert-alkyl or cyclic N) is 1. The zero-order valence-electron chi connectivity index (χ0n) is 16.6. The van der Waals surface area contributed by atoms with E-state index in [2.05, 4.69) is 5.32 Å². The summed E-state index contributed by atoms with van der Waals surface area (Å²) >= 11 is 0. The Labute approximate surface area is 170 Å². The monoisotopic (exact) mass is 438 g/mol. The molecule has 0 aliphatic carbocycles. The van der Waals surface area contributed by atoms with Crippen LogP contribution in [0.4, 0.5) is 26.7 Å². The molecule has 0 radical (unpaired) electrons. The lowest BCUT2D eigenvalue weighted by atomic mass is 9.87. The number of nitrogens with one attached hydrogen (secondary N) is 1. The first kappa shape index (κ1) is 23.8. The predicted octanol–water partition coefficient (Wildman–Crippen LogP) is 3.10. The number of alkyl carbamates (subject to hydrolysis) is 1. The third-order valence-corrected chi connectivity index (χ3v) is 4.45. The van der Waals surface area contributed by atoms with E-state index >= 15 is 0 Å². The number of ether oxygens (including phenoxy) is 1. The minimum absolute atomic E-state index is 0.148. The first-order valence-electron chi connectivity index (χ1n) is 9.16. The smallest absolute Gasteiger partial charge is 0.416 e. The molecule has 1 fully saturated rings. The molecule has 1 aliphatic heterocycles. The lowest BCUT2D eigenvalue weighted by molar-refractivity contribution is -0.209. The Morgan fingerprint density at radius 2 is 1.93 bits per heavy atom. The number of alkyl halides is 3. The first-order chi connectivity index (χ1) is 13.7. The van der Waals surface area contributed by atoms with Gasteiger partial charge in [-0.15, -0.1) is 0 Å². The van der Waals surface area contributed by atoms with E-state index in [-0.39, 0.29) is 12.0 Å². The minimum Gasteiger partial charge on any atom is -0.444 e. The van der Waals surface area contributed by atoms with Gasteiger partial charge in [0.2, 0.25) is 5.91 Å². The van der Waals surface area contributed by atoms with Crippen LogP contribution in [0.5, 0.6) is 0 Å². The number of likely N-dealkylation sites (tertiary alicyclic amines) is 1. The third-order valence-electron chi connectivity index (χ3n) is 4.45. The molecule has 30 heavy (non-hydrogen) atoms. The van der Waals surface area contributed by atoms with Gasteiger partial charge in [-0.25, -0.2) is 13.6 Å². The standard InChI is InChI=1S/C19H23F5N2O4/c1-18(2,3)30-17(29)25-13-7-10(11-5-4-6-12(20)15(11)21)8-26(16(13)28)9-14(27)19(22,23)24/h4-6,10,13-14,27H,7-9H2,1-3H3,(H,25,29)/t10-,13+,14+/m1/s1. The van der Waals surface area contributed by atoms with Crippen LogP contribution in [-0.4, -0.2) is 59.0 Å². The third kappa shape index (κ3) is 6.04. The fourth-order valence-corrected chi connectivity index (χ4v) is 3.14. The van der Waals surface area contributed by atoms with Crippen LogP contribution in [0.3, 0.4) is 0 Å². The van der Waals surface area contributed by atoms with Crippen LogP contribution in [0.15, 0.2) is 18.2 Å². The Morgan fingerprint density at radius 1 is 1.30 bits per heavy atom. The fourth-order valence-electron chi connectivity index (χ4n) is 3.14. The number of amides is 2. The van der Waals surface area contributed by atoms with Crippen molar-refractivity contribution in [3.05, 3.63) is 35.4 Å². The van der Waals surface area contributed by atoms with E-state index in [4.69, 9.17) is 4.74 Å². The summed E-state index contributed by atoms with van der Waals surface area (Å²) in [7, 11) is 0. The van der Waals surface area contributed by atoms with Gasteiger partial charge in [-0.2, -0.15) is 13.2 Å². The summed E-state index contributed by atoms with van der Waals surface area (Å²) in [6, 6.07) is 2.02. The van der Waals surface area contributed by atoms with Crippen LogP contribution in [0, 0.1) is 11.6 Å². The lowest BCUT2D eigenvalue weighted by Crippen LogP contribution is -2.57. The molecule has 2 N–H and O–H groups in total. The highest BCUT2D eigenvalue weighted by Gasteiger charge is 2.44. The van der Waals surface area contributed by atoms with Crippen molar-refractivity contribution >= 4 is 12.0 Å². The molecule has 11 heteroatoms. The Balaban J connectivity index is 2.30. The quantitative estimate of drug-likeness (QED) is 0.709. The van der Waals surface area contributed by atoms with Crippen molar-refractivity contribution in [2.75, 3.05) is 13.1 Å². The van der Waals surface area contributed by atoms with Crippen molar-refractivity contribution in [1.82, 2.24) is 10.2 Å². The average molecular weight is 438 g/mol. The molecule has 0 bridgehead atoms. The maximum absolute atomic E-state index is 14.3. The molecule has 1 aromatic carbocycles. The van der Waals surface area contributed by atoms with Crippen LogP contribution in [0.2, 0.25) is 0 Å². The highest BCUT2D eigenvalue weighted by Crippen LogP contribution is 2.32. The zero-order chi connectivity index (χ0) is 22.9. The molecule has 1 heterocycles. The van der Waals surface area contributed by atoms with E-state index in [1.807, 2.05) is 0 Å². The van der Waals surface area contributed by atoms with E-state index in [0.717, 1.165) is 6.07 Å². The van der Waals surface area contributed by atoms with Crippen molar-refractivity contribution in [2.45, 2.75) is 57.0 Å². The molecule has 0 unspecified atom stereocenters. The summed E-state index contributed by atoms with van der Waals surface area (Å²) in [5, 5.41) is 11.6. The molecule has 0 spiro atoms.